The molecule has 1 fully saturated rings. The van der Waals surface area contributed by atoms with Gasteiger partial charge in [-0.05, 0) is 24.6 Å². The van der Waals surface area contributed by atoms with Crippen LogP contribution in [0.2, 0.25) is 0 Å². The second kappa shape index (κ2) is 5.12. The highest BCUT2D eigenvalue weighted by atomic mass is 19.3. The van der Waals surface area contributed by atoms with Crippen molar-refractivity contribution in [2.45, 2.75) is 31.7 Å². The Morgan fingerprint density at radius 2 is 2.23 bits per heavy atom. The van der Waals surface area contributed by atoms with Gasteiger partial charge in [-0.1, -0.05) is 6.07 Å². The molecule has 0 saturated heterocycles. The minimum atomic E-state index is -2.89. The Kier molecular flexibility index (Phi) is 3.05. The minimum Gasteiger partial charge on any atom is -0.348 e. The maximum absolute atomic E-state index is 13.5. The zero-order valence-corrected chi connectivity index (χ0v) is 14.1. The van der Waals surface area contributed by atoms with Gasteiger partial charge in [0.2, 0.25) is 5.91 Å². The maximum Gasteiger partial charge on any atom is 0.260 e. The molecule has 1 amide bonds. The number of fused-ring (bicyclic) bond motifs is 2. The van der Waals surface area contributed by atoms with Crippen LogP contribution in [0, 0.1) is 12.8 Å². The second-order valence-electron chi connectivity index (χ2n) is 7.06. The van der Waals surface area contributed by atoms with Gasteiger partial charge in [0.15, 0.2) is 0 Å². The zero-order chi connectivity index (χ0) is 18.1. The molecule has 0 aromatic carbocycles. The molecule has 26 heavy (non-hydrogen) atoms. The Hall–Kier alpha value is -2.77. The van der Waals surface area contributed by atoms with Crippen LogP contribution in [0.3, 0.4) is 0 Å². The fourth-order valence-corrected chi connectivity index (χ4v) is 3.80. The molecule has 0 unspecified atom stereocenters. The molecule has 6 nitrogen and oxygen atoms in total. The van der Waals surface area contributed by atoms with Crippen molar-refractivity contribution in [3.05, 3.63) is 53.4 Å². The Morgan fingerprint density at radius 1 is 1.42 bits per heavy atom. The van der Waals surface area contributed by atoms with E-state index < -0.39 is 23.8 Å². The van der Waals surface area contributed by atoms with Gasteiger partial charge in [-0.3, -0.25) is 4.79 Å². The third-order valence-electron chi connectivity index (χ3n) is 5.34. The van der Waals surface area contributed by atoms with Crippen LogP contribution in [-0.4, -0.2) is 42.9 Å². The molecular formula is C18H17F2N5O. The number of carbonyl (C=O) groups is 1. The number of carbonyl (C=O) groups excluding carboxylic acids is 1. The highest BCUT2D eigenvalue weighted by molar-refractivity contribution is 5.84. The summed E-state index contributed by atoms with van der Waals surface area (Å²) in [6.07, 6.45) is 3.62. The van der Waals surface area contributed by atoms with Crippen molar-refractivity contribution in [2.75, 3.05) is 6.54 Å². The number of alkyl halides is 2. The number of hydrogen-bond acceptors (Lipinski definition) is 3. The standard InChI is InChI=1S/C18H17F2N5O/c1-10-3-2-5-25-14(10)7-13(23-25)16-15-12(21-9-22-15)4-6-24(16)17(26)11-8-18(11,19)20/h2-3,5,7,9,11,16H,4,6,8H2,1H3,(H,21,22)/t11-,16-/m1/s1. The summed E-state index contributed by atoms with van der Waals surface area (Å²) in [7, 11) is 0. The molecule has 4 heterocycles. The summed E-state index contributed by atoms with van der Waals surface area (Å²) in [6, 6.07) is 5.24. The van der Waals surface area contributed by atoms with Gasteiger partial charge in [0.1, 0.15) is 12.0 Å². The first-order valence-electron chi connectivity index (χ1n) is 8.61. The minimum absolute atomic E-state index is 0.368. The normalized spacial score (nSPS) is 23.9. The molecule has 1 aliphatic carbocycles. The van der Waals surface area contributed by atoms with E-state index in [0.29, 0.717) is 24.4 Å². The Morgan fingerprint density at radius 3 is 2.96 bits per heavy atom. The van der Waals surface area contributed by atoms with Gasteiger partial charge >= 0.3 is 0 Å². The molecule has 1 saturated carbocycles. The Labute approximate surface area is 147 Å². The molecule has 5 rings (SSSR count). The number of amides is 1. The topological polar surface area (TPSA) is 66.3 Å². The van der Waals surface area contributed by atoms with Gasteiger partial charge in [0.05, 0.1) is 23.2 Å². The number of aromatic nitrogens is 4. The predicted octanol–water partition coefficient (Wildman–Crippen LogP) is 2.50. The number of hydrogen-bond donors (Lipinski definition) is 1. The van der Waals surface area contributed by atoms with Gasteiger partial charge in [0.25, 0.3) is 5.92 Å². The van der Waals surface area contributed by atoms with Crippen LogP contribution in [0.5, 0.6) is 0 Å². The van der Waals surface area contributed by atoms with Crippen molar-refractivity contribution in [3.63, 3.8) is 0 Å². The first-order chi connectivity index (χ1) is 12.5. The number of aryl methyl sites for hydroxylation is 1. The lowest BCUT2D eigenvalue weighted by molar-refractivity contribution is -0.137. The monoisotopic (exact) mass is 357 g/mol. The van der Waals surface area contributed by atoms with Crippen LogP contribution in [0.4, 0.5) is 8.78 Å². The molecule has 1 N–H and O–H groups in total. The van der Waals surface area contributed by atoms with E-state index in [9.17, 15) is 13.6 Å². The quantitative estimate of drug-likeness (QED) is 0.766. The summed E-state index contributed by atoms with van der Waals surface area (Å²) in [5.74, 6) is -4.62. The fraction of sp³-hybridized carbons (Fsp3) is 0.389. The van der Waals surface area contributed by atoms with Crippen LogP contribution in [0.25, 0.3) is 5.52 Å². The van der Waals surface area contributed by atoms with E-state index in [2.05, 4.69) is 15.1 Å². The average molecular weight is 357 g/mol. The molecule has 3 aromatic heterocycles. The van der Waals surface area contributed by atoms with Gasteiger partial charge in [-0.25, -0.2) is 18.3 Å². The Balaban J connectivity index is 1.61. The number of halogens is 2. The largest absolute Gasteiger partial charge is 0.348 e. The third kappa shape index (κ3) is 2.17. The van der Waals surface area contributed by atoms with Gasteiger partial charge < -0.3 is 9.88 Å². The molecule has 134 valence electrons. The van der Waals surface area contributed by atoms with E-state index >= 15 is 0 Å². The van der Waals surface area contributed by atoms with Crippen LogP contribution >= 0.6 is 0 Å². The van der Waals surface area contributed by atoms with Gasteiger partial charge in [-0.2, -0.15) is 5.10 Å². The van der Waals surface area contributed by atoms with E-state index in [0.717, 1.165) is 16.8 Å². The lowest BCUT2D eigenvalue weighted by Gasteiger charge is -2.34. The van der Waals surface area contributed by atoms with Crippen molar-refractivity contribution >= 4 is 11.4 Å². The SMILES string of the molecule is Cc1cccn2nc([C@@H]3c4nc[nH]c4CCN3C(=O)[C@H]3CC3(F)F)cc12. The predicted molar refractivity (Wildman–Crippen MR) is 88.8 cm³/mol. The summed E-state index contributed by atoms with van der Waals surface area (Å²) in [6.45, 7) is 2.35. The number of aromatic amines is 1. The highest BCUT2D eigenvalue weighted by Gasteiger charge is 2.63. The second-order valence-corrected chi connectivity index (χ2v) is 7.06. The summed E-state index contributed by atoms with van der Waals surface area (Å²) >= 11 is 0. The number of nitrogens with zero attached hydrogens (tertiary/aromatic N) is 4. The molecule has 0 bridgehead atoms. The van der Waals surface area contributed by atoms with Crippen molar-refractivity contribution < 1.29 is 13.6 Å². The number of rotatable bonds is 2. The van der Waals surface area contributed by atoms with Crippen LogP contribution in [0.15, 0.2) is 30.7 Å². The average Bonchev–Trinajstić information content (AvgIpc) is 2.99. The molecule has 2 atom stereocenters. The van der Waals surface area contributed by atoms with Crippen molar-refractivity contribution in [1.29, 1.82) is 0 Å². The van der Waals surface area contributed by atoms with Gasteiger partial charge in [0, 0.05) is 31.3 Å². The molecular weight excluding hydrogens is 340 g/mol. The van der Waals surface area contributed by atoms with E-state index in [4.69, 9.17) is 0 Å². The maximum atomic E-state index is 13.5. The molecule has 0 spiro atoms. The Bertz CT molecular complexity index is 1020. The van der Waals surface area contributed by atoms with E-state index in [1.165, 1.54) is 4.90 Å². The van der Waals surface area contributed by atoms with Crippen LogP contribution in [0.1, 0.15) is 35.1 Å². The molecule has 8 heteroatoms. The first kappa shape index (κ1) is 15.5. The molecule has 2 aliphatic rings. The lowest BCUT2D eigenvalue weighted by atomic mass is 9.99. The third-order valence-corrected chi connectivity index (χ3v) is 5.34. The van der Waals surface area contributed by atoms with E-state index in [1.807, 2.05) is 31.3 Å². The van der Waals surface area contributed by atoms with E-state index in [1.54, 1.807) is 10.8 Å². The van der Waals surface area contributed by atoms with E-state index in [-0.39, 0.29) is 6.42 Å². The summed E-state index contributed by atoms with van der Waals surface area (Å²) in [4.78, 5) is 21.7. The number of imidazole rings is 1. The van der Waals surface area contributed by atoms with Gasteiger partial charge in [-0.15, -0.1) is 0 Å². The summed E-state index contributed by atoms with van der Waals surface area (Å²) in [5, 5.41) is 4.61. The number of nitrogens with one attached hydrogen (secondary N) is 1. The molecule has 0 radical (unpaired) electrons. The number of pyridine rings is 1. The number of H-pyrrole nitrogens is 1. The molecule has 3 aromatic rings. The fourth-order valence-electron chi connectivity index (χ4n) is 3.80. The van der Waals surface area contributed by atoms with Crippen molar-refractivity contribution in [2.24, 2.45) is 5.92 Å². The lowest BCUT2D eigenvalue weighted by Crippen LogP contribution is -2.42. The van der Waals surface area contributed by atoms with Crippen molar-refractivity contribution in [1.82, 2.24) is 24.5 Å². The first-order valence-corrected chi connectivity index (χ1v) is 8.61. The summed E-state index contributed by atoms with van der Waals surface area (Å²) < 4.78 is 28.7. The smallest absolute Gasteiger partial charge is 0.260 e. The molecule has 1 aliphatic heterocycles. The van der Waals surface area contributed by atoms with Crippen molar-refractivity contribution in [3.8, 4) is 0 Å². The van der Waals surface area contributed by atoms with Crippen LogP contribution < -0.4 is 0 Å². The highest BCUT2D eigenvalue weighted by Crippen LogP contribution is 2.51. The zero-order valence-electron chi connectivity index (χ0n) is 14.1. The van der Waals surface area contributed by atoms with Crippen LogP contribution in [-0.2, 0) is 11.2 Å². The summed E-state index contributed by atoms with van der Waals surface area (Å²) in [5.41, 5.74) is 4.24.